The lowest BCUT2D eigenvalue weighted by Crippen LogP contribution is -1.94. The van der Waals surface area contributed by atoms with Crippen LogP contribution < -0.4 is 9.47 Å². The highest BCUT2D eigenvalue weighted by Crippen LogP contribution is 2.37. The van der Waals surface area contributed by atoms with Crippen molar-refractivity contribution >= 4 is 15.9 Å². The van der Waals surface area contributed by atoms with Crippen LogP contribution in [0.1, 0.15) is 5.56 Å². The summed E-state index contributed by atoms with van der Waals surface area (Å²) in [6.07, 6.45) is 0. The monoisotopic (exact) mass is 241 g/mol. The quantitative estimate of drug-likeness (QED) is 0.799. The number of hydrogen-bond acceptors (Lipinski definition) is 3. The van der Waals surface area contributed by atoms with Crippen molar-refractivity contribution in [1.29, 1.82) is 5.26 Å². The van der Waals surface area contributed by atoms with Crippen LogP contribution in [0.2, 0.25) is 0 Å². The third-order valence-corrected chi connectivity index (χ3v) is 2.22. The highest BCUT2D eigenvalue weighted by molar-refractivity contribution is 9.10. The van der Waals surface area contributed by atoms with E-state index in [1.165, 1.54) is 14.2 Å². The van der Waals surface area contributed by atoms with Crippen molar-refractivity contribution in [2.75, 3.05) is 14.2 Å². The zero-order valence-electron chi connectivity index (χ0n) is 7.30. The third kappa shape index (κ3) is 1.76. The summed E-state index contributed by atoms with van der Waals surface area (Å²) in [5, 5.41) is 8.76. The molecule has 0 aliphatic rings. The van der Waals surface area contributed by atoms with Crippen LogP contribution in [0, 0.1) is 11.3 Å². The van der Waals surface area contributed by atoms with Crippen LogP contribution in [-0.4, -0.2) is 14.2 Å². The fourth-order valence-corrected chi connectivity index (χ4v) is 1.49. The lowest BCUT2D eigenvalue weighted by molar-refractivity contribution is 0.352. The second-order valence-corrected chi connectivity index (χ2v) is 3.13. The maximum atomic E-state index is 8.76. The molecule has 1 aromatic rings. The predicted molar refractivity (Wildman–Crippen MR) is 52.0 cm³/mol. The number of halogens is 1. The van der Waals surface area contributed by atoms with Crippen molar-refractivity contribution < 1.29 is 9.47 Å². The molecule has 0 fully saturated rings. The summed E-state index contributed by atoms with van der Waals surface area (Å²) in [6, 6.07) is 5.44. The van der Waals surface area contributed by atoms with Gasteiger partial charge >= 0.3 is 0 Å². The van der Waals surface area contributed by atoms with Gasteiger partial charge in [-0.1, -0.05) is 0 Å². The van der Waals surface area contributed by atoms with E-state index in [2.05, 4.69) is 15.9 Å². The van der Waals surface area contributed by atoms with Gasteiger partial charge in [0.25, 0.3) is 0 Å². The van der Waals surface area contributed by atoms with Crippen LogP contribution in [0.4, 0.5) is 0 Å². The summed E-state index contributed by atoms with van der Waals surface area (Å²) in [7, 11) is 3.04. The van der Waals surface area contributed by atoms with Gasteiger partial charge in [0.15, 0.2) is 11.5 Å². The van der Waals surface area contributed by atoms with E-state index in [9.17, 15) is 0 Å². The van der Waals surface area contributed by atoms with Gasteiger partial charge in [-0.05, 0) is 28.1 Å². The van der Waals surface area contributed by atoms with Gasteiger partial charge in [0, 0.05) is 0 Å². The Morgan fingerprint density at radius 2 is 1.85 bits per heavy atom. The smallest absolute Gasteiger partial charge is 0.179 e. The van der Waals surface area contributed by atoms with E-state index in [1.54, 1.807) is 12.1 Å². The molecule has 0 aliphatic carbocycles. The molecule has 0 radical (unpaired) electrons. The SMILES string of the molecule is COc1c(Br)ccc(C#N)c1OC. The fourth-order valence-electron chi connectivity index (χ4n) is 1.02. The number of hydrogen-bond donors (Lipinski definition) is 0. The van der Waals surface area contributed by atoms with Gasteiger partial charge in [0.05, 0.1) is 24.3 Å². The van der Waals surface area contributed by atoms with Crippen molar-refractivity contribution in [3.05, 3.63) is 22.2 Å². The summed E-state index contributed by atoms with van der Waals surface area (Å²) in [5.41, 5.74) is 0.461. The molecule has 0 atom stereocenters. The lowest BCUT2D eigenvalue weighted by Gasteiger charge is -2.09. The minimum Gasteiger partial charge on any atom is -0.492 e. The molecular formula is C9H8BrNO2. The Hall–Kier alpha value is -1.21. The first kappa shape index (κ1) is 9.87. The Morgan fingerprint density at radius 1 is 1.23 bits per heavy atom. The van der Waals surface area contributed by atoms with Gasteiger partial charge in [0.2, 0.25) is 0 Å². The average Bonchev–Trinajstić information content (AvgIpc) is 2.17. The van der Waals surface area contributed by atoms with Crippen LogP contribution in [0.5, 0.6) is 11.5 Å². The Labute approximate surface area is 85.0 Å². The number of benzene rings is 1. The normalized spacial score (nSPS) is 9.08. The Kier molecular flexibility index (Phi) is 3.15. The number of nitrogens with zero attached hydrogens (tertiary/aromatic N) is 1. The van der Waals surface area contributed by atoms with Crippen molar-refractivity contribution in [2.45, 2.75) is 0 Å². The third-order valence-electron chi connectivity index (χ3n) is 1.59. The molecule has 0 N–H and O–H groups in total. The topological polar surface area (TPSA) is 42.2 Å². The Balaban J connectivity index is 3.38. The van der Waals surface area contributed by atoms with Crippen molar-refractivity contribution in [3.63, 3.8) is 0 Å². The molecular weight excluding hydrogens is 234 g/mol. The summed E-state index contributed by atoms with van der Waals surface area (Å²) in [4.78, 5) is 0. The predicted octanol–water partition coefficient (Wildman–Crippen LogP) is 2.34. The number of methoxy groups -OCH3 is 2. The molecule has 0 aliphatic heterocycles. The molecule has 3 nitrogen and oxygen atoms in total. The van der Waals surface area contributed by atoms with E-state index >= 15 is 0 Å². The maximum Gasteiger partial charge on any atom is 0.179 e. The largest absolute Gasteiger partial charge is 0.492 e. The fraction of sp³-hybridized carbons (Fsp3) is 0.222. The van der Waals surface area contributed by atoms with Crippen LogP contribution in [0.15, 0.2) is 16.6 Å². The highest BCUT2D eigenvalue weighted by Gasteiger charge is 2.12. The number of ether oxygens (including phenoxy) is 2. The molecule has 0 bridgehead atoms. The van der Waals surface area contributed by atoms with Gasteiger partial charge in [-0.25, -0.2) is 0 Å². The van der Waals surface area contributed by atoms with E-state index in [-0.39, 0.29) is 0 Å². The second kappa shape index (κ2) is 4.15. The van der Waals surface area contributed by atoms with Crippen LogP contribution >= 0.6 is 15.9 Å². The molecule has 0 aromatic heterocycles. The van der Waals surface area contributed by atoms with E-state index < -0.39 is 0 Å². The van der Waals surface area contributed by atoms with E-state index in [0.29, 0.717) is 17.1 Å². The minimum absolute atomic E-state index is 0.458. The highest BCUT2D eigenvalue weighted by atomic mass is 79.9. The summed E-state index contributed by atoms with van der Waals surface area (Å²) < 4.78 is 10.9. The van der Waals surface area contributed by atoms with Crippen LogP contribution in [0.3, 0.4) is 0 Å². The number of rotatable bonds is 2. The summed E-state index contributed by atoms with van der Waals surface area (Å²) in [5.74, 6) is 1.00. The molecule has 1 rings (SSSR count). The molecule has 1 aromatic carbocycles. The molecule has 0 saturated carbocycles. The molecule has 0 spiro atoms. The van der Waals surface area contributed by atoms with Crippen LogP contribution in [-0.2, 0) is 0 Å². The van der Waals surface area contributed by atoms with Crippen LogP contribution in [0.25, 0.3) is 0 Å². The number of nitriles is 1. The molecule has 13 heavy (non-hydrogen) atoms. The van der Waals surface area contributed by atoms with Crippen molar-refractivity contribution in [2.24, 2.45) is 0 Å². The van der Waals surface area contributed by atoms with Crippen molar-refractivity contribution in [3.8, 4) is 17.6 Å². The minimum atomic E-state index is 0.458. The van der Waals surface area contributed by atoms with Gasteiger partial charge in [-0.15, -0.1) is 0 Å². The zero-order valence-corrected chi connectivity index (χ0v) is 8.88. The molecule has 4 heteroatoms. The zero-order chi connectivity index (χ0) is 9.84. The van der Waals surface area contributed by atoms with Gasteiger partial charge in [0.1, 0.15) is 6.07 Å². The molecule has 0 amide bonds. The summed E-state index contributed by atoms with van der Waals surface area (Å²) in [6.45, 7) is 0. The van der Waals surface area contributed by atoms with Gasteiger partial charge in [-0.3, -0.25) is 0 Å². The van der Waals surface area contributed by atoms with Gasteiger partial charge in [-0.2, -0.15) is 5.26 Å². The molecule has 68 valence electrons. The van der Waals surface area contributed by atoms with E-state index in [4.69, 9.17) is 14.7 Å². The standard InChI is InChI=1S/C9H8BrNO2/c1-12-8-6(5-11)3-4-7(10)9(8)13-2/h3-4H,1-2H3. The summed E-state index contributed by atoms with van der Waals surface area (Å²) >= 11 is 3.30. The first-order chi connectivity index (χ1) is 6.24. The molecule has 0 heterocycles. The second-order valence-electron chi connectivity index (χ2n) is 2.27. The van der Waals surface area contributed by atoms with E-state index in [1.807, 2.05) is 6.07 Å². The molecule has 0 unspecified atom stereocenters. The van der Waals surface area contributed by atoms with E-state index in [0.717, 1.165) is 4.47 Å². The maximum absolute atomic E-state index is 8.76. The first-order valence-electron chi connectivity index (χ1n) is 3.55. The lowest BCUT2D eigenvalue weighted by atomic mass is 10.2. The van der Waals surface area contributed by atoms with Gasteiger partial charge < -0.3 is 9.47 Å². The van der Waals surface area contributed by atoms with Crippen molar-refractivity contribution in [1.82, 2.24) is 0 Å². The Morgan fingerprint density at radius 3 is 2.31 bits per heavy atom. The Bertz CT molecular complexity index is 357. The molecule has 0 saturated heterocycles. The first-order valence-corrected chi connectivity index (χ1v) is 4.34. The average molecular weight is 242 g/mol.